The second-order valence-corrected chi connectivity index (χ2v) is 4.58. The molecule has 0 saturated carbocycles. The molecule has 4 heteroatoms. The number of aromatic hydroxyl groups is 2. The molecule has 4 aromatic rings. The molecule has 0 bridgehead atoms. The van der Waals surface area contributed by atoms with Gasteiger partial charge in [0.1, 0.15) is 17.1 Å². The third kappa shape index (κ3) is 1.25. The Hall–Kier alpha value is -2.75. The van der Waals surface area contributed by atoms with Gasteiger partial charge < -0.3 is 14.6 Å². The zero-order valence-corrected chi connectivity index (χ0v) is 9.68. The molecule has 0 radical (unpaired) electrons. The lowest BCUT2D eigenvalue weighted by Crippen LogP contribution is -1.97. The van der Waals surface area contributed by atoms with E-state index in [2.05, 4.69) is 0 Å². The maximum absolute atomic E-state index is 11.5. The Morgan fingerprint density at radius 1 is 0.895 bits per heavy atom. The van der Waals surface area contributed by atoms with E-state index in [1.54, 1.807) is 18.2 Å². The molecular formula is C15H8O4. The third-order valence-corrected chi connectivity index (χ3v) is 3.41. The monoisotopic (exact) mass is 252 g/mol. The average Bonchev–Trinajstić information content (AvgIpc) is 2.36. The van der Waals surface area contributed by atoms with Crippen LogP contribution in [0, 0.1) is 0 Å². The first-order valence-corrected chi connectivity index (χ1v) is 5.78. The van der Waals surface area contributed by atoms with Crippen LogP contribution in [0.5, 0.6) is 11.5 Å². The molecule has 4 nitrogen and oxygen atoms in total. The van der Waals surface area contributed by atoms with E-state index in [9.17, 15) is 15.0 Å². The molecule has 0 amide bonds. The molecule has 0 spiro atoms. The predicted octanol–water partition coefficient (Wildman–Crippen LogP) is 2.95. The van der Waals surface area contributed by atoms with Crippen LogP contribution in [0.2, 0.25) is 0 Å². The van der Waals surface area contributed by atoms with Gasteiger partial charge in [0.25, 0.3) is 0 Å². The second-order valence-electron chi connectivity index (χ2n) is 4.58. The van der Waals surface area contributed by atoms with Crippen molar-refractivity contribution in [3.8, 4) is 11.5 Å². The van der Waals surface area contributed by atoms with E-state index in [1.165, 1.54) is 18.2 Å². The largest absolute Gasteiger partial charge is 0.508 e. The van der Waals surface area contributed by atoms with Gasteiger partial charge in [-0.05, 0) is 35.0 Å². The Bertz CT molecular complexity index is 998. The first-order valence-electron chi connectivity index (χ1n) is 5.78. The minimum Gasteiger partial charge on any atom is -0.508 e. The normalized spacial score (nSPS) is 11.8. The second kappa shape index (κ2) is 3.17. The van der Waals surface area contributed by atoms with Crippen LogP contribution >= 0.6 is 0 Å². The van der Waals surface area contributed by atoms with Gasteiger partial charge in [-0.1, -0.05) is 6.07 Å². The van der Waals surface area contributed by atoms with Crippen molar-refractivity contribution in [1.29, 1.82) is 0 Å². The summed E-state index contributed by atoms with van der Waals surface area (Å²) in [6.07, 6.45) is 0. The van der Waals surface area contributed by atoms with Crippen LogP contribution in [0.25, 0.3) is 32.5 Å². The van der Waals surface area contributed by atoms with Gasteiger partial charge in [0.2, 0.25) is 0 Å². The van der Waals surface area contributed by atoms with Crippen LogP contribution in [0.4, 0.5) is 0 Å². The summed E-state index contributed by atoms with van der Waals surface area (Å²) >= 11 is 0. The van der Waals surface area contributed by atoms with Crippen LogP contribution < -0.4 is 5.63 Å². The molecule has 0 fully saturated rings. The summed E-state index contributed by atoms with van der Waals surface area (Å²) in [4.78, 5) is 11.5. The number of hydrogen-bond donors (Lipinski definition) is 2. The molecule has 0 aliphatic rings. The molecule has 0 saturated heterocycles. The highest BCUT2D eigenvalue weighted by molar-refractivity contribution is 6.23. The average molecular weight is 252 g/mol. The summed E-state index contributed by atoms with van der Waals surface area (Å²) in [7, 11) is 0. The van der Waals surface area contributed by atoms with E-state index < -0.39 is 5.63 Å². The summed E-state index contributed by atoms with van der Waals surface area (Å²) in [5.41, 5.74) is 0.0267. The van der Waals surface area contributed by atoms with Gasteiger partial charge in [-0.3, -0.25) is 0 Å². The number of phenolic OH excluding ortho intramolecular Hbond substituents is 2. The van der Waals surface area contributed by atoms with E-state index >= 15 is 0 Å². The first-order chi connectivity index (χ1) is 9.13. The van der Waals surface area contributed by atoms with Gasteiger partial charge in [-0.2, -0.15) is 0 Å². The van der Waals surface area contributed by atoms with Crippen LogP contribution in [0.1, 0.15) is 0 Å². The number of phenols is 2. The van der Waals surface area contributed by atoms with Crippen molar-refractivity contribution in [2.75, 3.05) is 0 Å². The lowest BCUT2D eigenvalue weighted by Gasteiger charge is -2.11. The molecule has 4 rings (SSSR count). The summed E-state index contributed by atoms with van der Waals surface area (Å²) in [5.74, 6) is 0.120. The van der Waals surface area contributed by atoms with E-state index in [0.717, 1.165) is 16.2 Å². The SMILES string of the molecule is O=c1cc2cc(O)c3cc(O)cc4ccc(o1)c2c43. The Labute approximate surface area is 106 Å². The molecule has 3 aromatic carbocycles. The maximum Gasteiger partial charge on any atom is 0.336 e. The van der Waals surface area contributed by atoms with Crippen molar-refractivity contribution in [3.63, 3.8) is 0 Å². The van der Waals surface area contributed by atoms with Gasteiger partial charge in [-0.15, -0.1) is 0 Å². The van der Waals surface area contributed by atoms with Gasteiger partial charge in [-0.25, -0.2) is 4.79 Å². The van der Waals surface area contributed by atoms with E-state index in [4.69, 9.17) is 4.42 Å². The minimum atomic E-state index is -0.451. The van der Waals surface area contributed by atoms with Gasteiger partial charge in [0.05, 0.1) is 0 Å². The summed E-state index contributed by atoms with van der Waals surface area (Å²) in [5, 5.41) is 23.3. The number of benzene rings is 3. The molecule has 1 aromatic heterocycles. The number of rotatable bonds is 0. The third-order valence-electron chi connectivity index (χ3n) is 3.41. The zero-order chi connectivity index (χ0) is 13.1. The van der Waals surface area contributed by atoms with Crippen molar-refractivity contribution >= 4 is 32.5 Å². The van der Waals surface area contributed by atoms with Crippen molar-refractivity contribution in [1.82, 2.24) is 0 Å². The van der Waals surface area contributed by atoms with E-state index in [-0.39, 0.29) is 11.5 Å². The van der Waals surface area contributed by atoms with Gasteiger partial charge in [0, 0.05) is 22.2 Å². The van der Waals surface area contributed by atoms with Crippen molar-refractivity contribution in [2.45, 2.75) is 0 Å². The molecule has 1 heterocycles. The Kier molecular flexibility index (Phi) is 1.70. The predicted molar refractivity (Wildman–Crippen MR) is 72.0 cm³/mol. The molecule has 2 N–H and O–H groups in total. The highest BCUT2D eigenvalue weighted by Crippen LogP contribution is 2.40. The first kappa shape index (κ1) is 10.2. The van der Waals surface area contributed by atoms with Gasteiger partial charge >= 0.3 is 5.63 Å². The van der Waals surface area contributed by atoms with Crippen molar-refractivity contribution in [3.05, 3.63) is 46.8 Å². The Morgan fingerprint density at radius 3 is 2.58 bits per heavy atom. The van der Waals surface area contributed by atoms with E-state index in [0.29, 0.717) is 16.4 Å². The van der Waals surface area contributed by atoms with Crippen LogP contribution in [-0.4, -0.2) is 10.2 Å². The highest BCUT2D eigenvalue weighted by Gasteiger charge is 2.14. The smallest absolute Gasteiger partial charge is 0.336 e. The standard InChI is InChI=1S/C15H8O4/c16-9-3-7-1-2-12-15-8(5-13(18)19-12)4-11(17)10(6-9)14(7)15/h1-6,16-17H. The summed E-state index contributed by atoms with van der Waals surface area (Å²) in [6.45, 7) is 0. The molecule has 19 heavy (non-hydrogen) atoms. The van der Waals surface area contributed by atoms with Crippen LogP contribution in [0.15, 0.2) is 45.6 Å². The van der Waals surface area contributed by atoms with E-state index in [1.807, 2.05) is 0 Å². The van der Waals surface area contributed by atoms with Crippen molar-refractivity contribution in [2.24, 2.45) is 0 Å². The Balaban J connectivity index is 2.47. The number of hydrogen-bond acceptors (Lipinski definition) is 4. The lowest BCUT2D eigenvalue weighted by molar-refractivity contribution is 0.472. The van der Waals surface area contributed by atoms with Gasteiger partial charge in [0.15, 0.2) is 0 Å². The molecule has 0 unspecified atom stereocenters. The highest BCUT2D eigenvalue weighted by atomic mass is 16.4. The molecular weight excluding hydrogens is 244 g/mol. The minimum absolute atomic E-state index is 0.0338. The molecule has 0 aliphatic heterocycles. The lowest BCUT2D eigenvalue weighted by atomic mass is 9.96. The zero-order valence-electron chi connectivity index (χ0n) is 9.68. The molecule has 0 atom stereocenters. The van der Waals surface area contributed by atoms with Crippen LogP contribution in [0.3, 0.4) is 0 Å². The fraction of sp³-hybridized carbons (Fsp3) is 0. The topological polar surface area (TPSA) is 70.7 Å². The Morgan fingerprint density at radius 2 is 1.74 bits per heavy atom. The molecule has 92 valence electrons. The maximum atomic E-state index is 11.5. The fourth-order valence-electron chi connectivity index (χ4n) is 2.68. The quantitative estimate of drug-likeness (QED) is 0.373. The van der Waals surface area contributed by atoms with Crippen LogP contribution in [-0.2, 0) is 0 Å². The summed E-state index contributed by atoms with van der Waals surface area (Å²) in [6, 6.07) is 9.44. The fourth-order valence-corrected chi connectivity index (χ4v) is 2.68. The summed E-state index contributed by atoms with van der Waals surface area (Å²) < 4.78 is 5.18. The molecule has 0 aliphatic carbocycles. The van der Waals surface area contributed by atoms with Crippen molar-refractivity contribution < 1.29 is 14.6 Å².